The molecular formula is C36H40ClF3N8O5. The van der Waals surface area contributed by atoms with Crippen molar-refractivity contribution in [1.29, 1.82) is 5.26 Å². The average Bonchev–Trinajstić information content (AvgIpc) is 3.54. The predicted molar refractivity (Wildman–Crippen MR) is 190 cm³/mol. The van der Waals surface area contributed by atoms with Gasteiger partial charge in [0.1, 0.15) is 17.4 Å². The smallest absolute Gasteiger partial charge is 0.444 e. The number of aromatic nitrogens is 4. The molecule has 2 aromatic carbocycles. The van der Waals surface area contributed by atoms with E-state index < -0.39 is 23.8 Å². The summed E-state index contributed by atoms with van der Waals surface area (Å²) in [5, 5.41) is 28.8. The van der Waals surface area contributed by atoms with Gasteiger partial charge in [-0.05, 0) is 87.9 Å². The molecule has 1 atom stereocenters. The maximum Gasteiger partial charge on any atom is 0.573 e. The molecule has 2 amide bonds. The van der Waals surface area contributed by atoms with Gasteiger partial charge in [0.15, 0.2) is 11.9 Å². The van der Waals surface area contributed by atoms with Crippen molar-refractivity contribution in [3.8, 4) is 22.9 Å². The summed E-state index contributed by atoms with van der Waals surface area (Å²) in [5.41, 5.74) is 3.01. The van der Waals surface area contributed by atoms with Crippen LogP contribution in [0.5, 0.6) is 5.75 Å². The van der Waals surface area contributed by atoms with Crippen LogP contribution >= 0.6 is 11.6 Å². The summed E-state index contributed by atoms with van der Waals surface area (Å²) in [6, 6.07) is 11.3. The largest absolute Gasteiger partial charge is 0.573 e. The van der Waals surface area contributed by atoms with Gasteiger partial charge in [0, 0.05) is 55.8 Å². The highest BCUT2D eigenvalue weighted by Crippen LogP contribution is 2.35. The SMILES string of the molecule is CC(C)(C)OC(=O)N(CCC(=O)NCCCNc1cc(-c2cnnc(C#N)c2)cc2c1cnn2C1CCCCO1)Cc1ccc(OC(F)(F)F)c(Cl)c1. The van der Waals surface area contributed by atoms with Crippen LogP contribution in [0.25, 0.3) is 22.0 Å². The molecule has 3 heterocycles. The second-order valence-corrected chi connectivity index (χ2v) is 13.8. The molecule has 2 N–H and O–H groups in total. The third kappa shape index (κ3) is 11.2. The Morgan fingerprint density at radius 2 is 1.92 bits per heavy atom. The van der Waals surface area contributed by atoms with E-state index in [1.165, 1.54) is 17.0 Å². The molecule has 53 heavy (non-hydrogen) atoms. The van der Waals surface area contributed by atoms with Crippen molar-refractivity contribution in [1.82, 2.24) is 30.2 Å². The first-order valence-electron chi connectivity index (χ1n) is 17.1. The molecule has 2 aromatic heterocycles. The maximum absolute atomic E-state index is 13.0. The number of ether oxygens (including phenoxy) is 3. The van der Waals surface area contributed by atoms with Gasteiger partial charge in [0.2, 0.25) is 5.91 Å². The summed E-state index contributed by atoms with van der Waals surface area (Å²) in [6.45, 7) is 6.51. The summed E-state index contributed by atoms with van der Waals surface area (Å²) < 4.78 is 55.4. The molecule has 1 fully saturated rings. The lowest BCUT2D eigenvalue weighted by Gasteiger charge is -2.27. The molecule has 5 rings (SSSR count). The number of anilines is 1. The van der Waals surface area contributed by atoms with Gasteiger partial charge in [-0.3, -0.25) is 4.79 Å². The second kappa shape index (κ2) is 17.1. The van der Waals surface area contributed by atoms with Crippen molar-refractivity contribution in [2.45, 2.75) is 77.6 Å². The number of nitrogens with one attached hydrogen (secondary N) is 2. The number of fused-ring (bicyclic) bond motifs is 1. The Bertz CT molecular complexity index is 1950. The van der Waals surface area contributed by atoms with E-state index in [-0.39, 0.29) is 42.4 Å². The zero-order chi connectivity index (χ0) is 38.2. The van der Waals surface area contributed by atoms with Gasteiger partial charge in [-0.1, -0.05) is 17.7 Å². The van der Waals surface area contributed by atoms with Crippen LogP contribution in [-0.2, 0) is 20.8 Å². The zero-order valence-electron chi connectivity index (χ0n) is 29.5. The molecule has 17 heteroatoms. The van der Waals surface area contributed by atoms with E-state index in [1.54, 1.807) is 39.2 Å². The van der Waals surface area contributed by atoms with Gasteiger partial charge in [0.25, 0.3) is 0 Å². The van der Waals surface area contributed by atoms with Crippen LogP contribution in [0, 0.1) is 11.3 Å². The topological polar surface area (TPSA) is 157 Å². The zero-order valence-corrected chi connectivity index (χ0v) is 30.3. The molecule has 1 aliphatic heterocycles. The molecule has 1 unspecified atom stereocenters. The van der Waals surface area contributed by atoms with Crippen LogP contribution in [0.15, 0.2) is 48.8 Å². The van der Waals surface area contributed by atoms with Crippen LogP contribution < -0.4 is 15.4 Å². The molecule has 0 aliphatic carbocycles. The summed E-state index contributed by atoms with van der Waals surface area (Å²) in [4.78, 5) is 27.1. The van der Waals surface area contributed by atoms with Crippen molar-refractivity contribution in [2.24, 2.45) is 0 Å². The summed E-state index contributed by atoms with van der Waals surface area (Å²) in [5.74, 6) is -0.871. The molecule has 1 aliphatic rings. The second-order valence-electron chi connectivity index (χ2n) is 13.4. The number of hydrogen-bond donors (Lipinski definition) is 2. The van der Waals surface area contributed by atoms with Crippen LogP contribution in [0.3, 0.4) is 0 Å². The number of hydrogen-bond acceptors (Lipinski definition) is 10. The van der Waals surface area contributed by atoms with E-state index in [9.17, 15) is 28.0 Å². The Hall–Kier alpha value is -5.14. The lowest BCUT2D eigenvalue weighted by Crippen LogP contribution is -2.39. The van der Waals surface area contributed by atoms with Gasteiger partial charge in [0.05, 0.1) is 22.9 Å². The Morgan fingerprint density at radius 1 is 1.11 bits per heavy atom. The first-order valence-corrected chi connectivity index (χ1v) is 17.5. The third-order valence-electron chi connectivity index (χ3n) is 8.09. The fourth-order valence-corrected chi connectivity index (χ4v) is 5.92. The Kier molecular flexibility index (Phi) is 12.6. The summed E-state index contributed by atoms with van der Waals surface area (Å²) in [7, 11) is 0. The quantitative estimate of drug-likeness (QED) is 0.132. The summed E-state index contributed by atoms with van der Waals surface area (Å²) >= 11 is 6.01. The van der Waals surface area contributed by atoms with Gasteiger partial charge in [-0.2, -0.15) is 15.5 Å². The van der Waals surface area contributed by atoms with Crippen molar-refractivity contribution >= 4 is 40.2 Å². The fourth-order valence-electron chi connectivity index (χ4n) is 5.68. The first-order chi connectivity index (χ1) is 25.2. The number of nitriles is 1. The molecule has 13 nitrogen and oxygen atoms in total. The van der Waals surface area contributed by atoms with Crippen LogP contribution in [0.2, 0.25) is 5.02 Å². The van der Waals surface area contributed by atoms with Crippen molar-refractivity contribution < 1.29 is 37.0 Å². The van der Waals surface area contributed by atoms with Gasteiger partial charge in [-0.15, -0.1) is 18.3 Å². The molecule has 0 saturated carbocycles. The number of halogens is 4. The van der Waals surface area contributed by atoms with Gasteiger partial charge >= 0.3 is 12.5 Å². The van der Waals surface area contributed by atoms with Crippen LogP contribution in [0.1, 0.15) is 70.4 Å². The predicted octanol–water partition coefficient (Wildman–Crippen LogP) is 7.36. The number of nitrogens with zero attached hydrogens (tertiary/aromatic N) is 6. The normalized spacial score (nSPS) is 14.7. The van der Waals surface area contributed by atoms with Crippen LogP contribution in [0.4, 0.5) is 23.7 Å². The highest BCUT2D eigenvalue weighted by molar-refractivity contribution is 6.32. The minimum atomic E-state index is -4.91. The van der Waals surface area contributed by atoms with Crippen molar-refractivity contribution in [2.75, 3.05) is 31.6 Å². The van der Waals surface area contributed by atoms with E-state index in [2.05, 4.69) is 30.7 Å². The van der Waals surface area contributed by atoms with E-state index in [0.717, 1.165) is 53.0 Å². The number of carbonyl (C=O) groups is 2. The maximum atomic E-state index is 13.0. The highest BCUT2D eigenvalue weighted by Gasteiger charge is 2.32. The number of alkyl halides is 3. The van der Waals surface area contributed by atoms with E-state index in [4.69, 9.17) is 21.1 Å². The van der Waals surface area contributed by atoms with E-state index in [1.807, 2.05) is 22.9 Å². The van der Waals surface area contributed by atoms with Gasteiger partial charge in [-0.25, -0.2) is 9.48 Å². The Morgan fingerprint density at radius 3 is 2.62 bits per heavy atom. The molecule has 282 valence electrons. The van der Waals surface area contributed by atoms with Crippen molar-refractivity contribution in [3.63, 3.8) is 0 Å². The molecule has 0 spiro atoms. The lowest BCUT2D eigenvalue weighted by atomic mass is 10.0. The van der Waals surface area contributed by atoms with E-state index >= 15 is 0 Å². The van der Waals surface area contributed by atoms with E-state index in [0.29, 0.717) is 31.7 Å². The number of benzene rings is 2. The van der Waals surface area contributed by atoms with Crippen molar-refractivity contribution in [3.05, 3.63) is 65.1 Å². The molecule has 4 aromatic rings. The average molecular weight is 757 g/mol. The molecule has 0 radical (unpaired) electrons. The Labute approximate surface area is 309 Å². The minimum Gasteiger partial charge on any atom is -0.444 e. The third-order valence-corrected chi connectivity index (χ3v) is 8.39. The summed E-state index contributed by atoms with van der Waals surface area (Å²) in [6.07, 6.45) is 0.993. The minimum absolute atomic E-state index is 0.0196. The molecular weight excluding hydrogens is 717 g/mol. The number of rotatable bonds is 13. The highest BCUT2D eigenvalue weighted by atomic mass is 35.5. The fraction of sp³-hybridized carbons (Fsp3) is 0.444. The Balaban J connectivity index is 1.19. The standard InChI is InChI=1S/C36H40ClF3N8O5/c1-35(2,3)53-34(50)47(22-23-8-9-31(28(37)15-23)52-36(38,39)40)13-10-32(49)43-12-6-11-42-29-17-24(25-16-26(19-41)46-44-20-25)18-30-27(29)21-45-48(30)33-7-4-5-14-51-33/h8-9,15-18,20-21,33,42H,4-7,10-14,22H2,1-3H3,(H,43,49). The number of carbonyl (C=O) groups excluding carboxylic acids is 2. The number of amides is 2. The lowest BCUT2D eigenvalue weighted by molar-refractivity contribution is -0.274. The first kappa shape index (κ1) is 39.1. The van der Waals surface area contributed by atoms with Crippen LogP contribution in [-0.4, -0.2) is 75.1 Å². The molecule has 1 saturated heterocycles. The molecule has 0 bridgehead atoms. The monoisotopic (exact) mass is 756 g/mol. The van der Waals surface area contributed by atoms with Gasteiger partial charge < -0.3 is 29.7 Å².